The molecule has 3 rings (SSSR count). The lowest BCUT2D eigenvalue weighted by molar-refractivity contribution is -0.137. The zero-order valence-electron chi connectivity index (χ0n) is 13.9. The lowest BCUT2D eigenvalue weighted by Gasteiger charge is -2.34. The molecule has 130 valence electrons. The molecule has 0 aliphatic heterocycles. The second kappa shape index (κ2) is 5.33. The van der Waals surface area contributed by atoms with Crippen LogP contribution < -0.4 is 0 Å². The molecule has 0 saturated heterocycles. The molecule has 0 N–H and O–H groups in total. The van der Waals surface area contributed by atoms with Gasteiger partial charge < -0.3 is 4.84 Å². The Bertz CT molecular complexity index is 702. The minimum atomic E-state index is -4.50. The topological polar surface area (TPSA) is 38.7 Å². The van der Waals surface area contributed by atoms with E-state index in [4.69, 9.17) is 4.84 Å². The van der Waals surface area contributed by atoms with Crippen LogP contribution in [0.1, 0.15) is 56.0 Å². The molecule has 1 unspecified atom stereocenters. The number of hydrogen-bond donors (Lipinski definition) is 0. The Morgan fingerprint density at radius 3 is 2.58 bits per heavy atom. The average molecular weight is 339 g/mol. The van der Waals surface area contributed by atoms with Gasteiger partial charge in [-0.25, -0.2) is 4.79 Å². The van der Waals surface area contributed by atoms with Gasteiger partial charge in [-0.1, -0.05) is 32.0 Å². The number of carbonyl (C=O) groups is 1. The van der Waals surface area contributed by atoms with Gasteiger partial charge in [0.15, 0.2) is 0 Å². The van der Waals surface area contributed by atoms with E-state index in [1.54, 1.807) is 0 Å². The maximum absolute atomic E-state index is 12.7. The number of oxime groups is 1. The lowest BCUT2D eigenvalue weighted by Crippen LogP contribution is -2.36. The fraction of sp³-hybridized carbons (Fsp3) is 0.556. The summed E-state index contributed by atoms with van der Waals surface area (Å²) in [6, 6.07) is 4.19. The van der Waals surface area contributed by atoms with E-state index in [9.17, 15) is 18.0 Å². The van der Waals surface area contributed by atoms with E-state index < -0.39 is 17.7 Å². The number of benzene rings is 1. The summed E-state index contributed by atoms with van der Waals surface area (Å²) in [4.78, 5) is 17.1. The average Bonchev–Trinajstić information content (AvgIpc) is 2.97. The molecule has 2 aliphatic rings. The van der Waals surface area contributed by atoms with Crippen LogP contribution in [-0.2, 0) is 11.0 Å². The van der Waals surface area contributed by atoms with E-state index in [1.807, 2.05) is 0 Å². The molecule has 0 aromatic heterocycles. The van der Waals surface area contributed by atoms with Crippen LogP contribution in [0.15, 0.2) is 29.4 Å². The zero-order valence-corrected chi connectivity index (χ0v) is 13.9. The molecule has 3 nitrogen and oxygen atoms in total. The van der Waals surface area contributed by atoms with Gasteiger partial charge in [-0.2, -0.15) is 13.2 Å². The highest BCUT2D eigenvalue weighted by Crippen LogP contribution is 2.60. The van der Waals surface area contributed by atoms with E-state index >= 15 is 0 Å². The third-order valence-electron chi connectivity index (χ3n) is 5.59. The molecule has 2 aliphatic carbocycles. The van der Waals surface area contributed by atoms with Crippen molar-refractivity contribution in [3.05, 3.63) is 35.4 Å². The van der Waals surface area contributed by atoms with Gasteiger partial charge in [0.1, 0.15) is 0 Å². The molecule has 6 heteroatoms. The van der Waals surface area contributed by atoms with Crippen molar-refractivity contribution >= 4 is 11.7 Å². The predicted octanol–water partition coefficient (Wildman–Crippen LogP) is 5.06. The Labute approximate surface area is 138 Å². The molecular weight excluding hydrogens is 319 g/mol. The SMILES string of the molecule is CC1(C)/C(=N/OC(=O)c2cccc(C(F)(F)F)c2)[C@]2(C)CCC1C2. The van der Waals surface area contributed by atoms with E-state index in [1.165, 1.54) is 12.1 Å². The normalized spacial score (nSPS) is 29.9. The van der Waals surface area contributed by atoms with Crippen molar-refractivity contribution in [2.75, 3.05) is 0 Å². The summed E-state index contributed by atoms with van der Waals surface area (Å²) < 4.78 is 38.2. The highest BCUT2D eigenvalue weighted by atomic mass is 19.4. The van der Waals surface area contributed by atoms with Crippen molar-refractivity contribution in [2.45, 2.75) is 46.2 Å². The summed E-state index contributed by atoms with van der Waals surface area (Å²) in [7, 11) is 0. The molecule has 2 atom stereocenters. The van der Waals surface area contributed by atoms with Gasteiger partial charge in [-0.05, 0) is 43.4 Å². The van der Waals surface area contributed by atoms with Crippen molar-refractivity contribution in [1.29, 1.82) is 0 Å². The van der Waals surface area contributed by atoms with E-state index in [0.717, 1.165) is 37.1 Å². The van der Waals surface area contributed by atoms with Crippen LogP contribution in [0.2, 0.25) is 0 Å². The minimum Gasteiger partial charge on any atom is -0.313 e. The van der Waals surface area contributed by atoms with Crippen molar-refractivity contribution in [3.63, 3.8) is 0 Å². The molecular formula is C18H20F3NO2. The minimum absolute atomic E-state index is 0.0811. The monoisotopic (exact) mass is 339 g/mol. The van der Waals surface area contributed by atoms with Gasteiger partial charge in [0, 0.05) is 10.8 Å². The Morgan fingerprint density at radius 1 is 1.29 bits per heavy atom. The first-order valence-electron chi connectivity index (χ1n) is 8.02. The van der Waals surface area contributed by atoms with Crippen molar-refractivity contribution in [3.8, 4) is 0 Å². The summed E-state index contributed by atoms with van der Waals surface area (Å²) in [6.45, 7) is 6.27. The second-order valence-electron chi connectivity index (χ2n) is 7.62. The Hall–Kier alpha value is -1.85. The number of alkyl halides is 3. The number of hydrogen-bond acceptors (Lipinski definition) is 3. The first kappa shape index (κ1) is 17.0. The Balaban J connectivity index is 1.81. The Morgan fingerprint density at radius 2 is 2.00 bits per heavy atom. The molecule has 24 heavy (non-hydrogen) atoms. The highest BCUT2D eigenvalue weighted by molar-refractivity contribution is 5.98. The van der Waals surface area contributed by atoms with Gasteiger partial charge in [0.25, 0.3) is 0 Å². The van der Waals surface area contributed by atoms with E-state index in [2.05, 4.69) is 25.9 Å². The van der Waals surface area contributed by atoms with Crippen LogP contribution in [0.3, 0.4) is 0 Å². The first-order chi connectivity index (χ1) is 11.0. The van der Waals surface area contributed by atoms with Crippen LogP contribution in [-0.4, -0.2) is 11.7 Å². The molecule has 1 aromatic carbocycles. The van der Waals surface area contributed by atoms with Crippen LogP contribution >= 0.6 is 0 Å². The molecule has 2 fully saturated rings. The van der Waals surface area contributed by atoms with Crippen molar-refractivity contribution < 1.29 is 22.8 Å². The highest BCUT2D eigenvalue weighted by Gasteiger charge is 2.57. The molecule has 0 heterocycles. The van der Waals surface area contributed by atoms with Gasteiger partial charge in [0.05, 0.1) is 16.8 Å². The molecule has 2 bridgehead atoms. The number of halogens is 3. The summed E-state index contributed by atoms with van der Waals surface area (Å²) in [5.74, 6) is -0.357. The largest absolute Gasteiger partial charge is 0.416 e. The second-order valence-corrected chi connectivity index (χ2v) is 7.62. The molecule has 1 aromatic rings. The van der Waals surface area contributed by atoms with Gasteiger partial charge in [-0.15, -0.1) is 0 Å². The predicted molar refractivity (Wildman–Crippen MR) is 83.5 cm³/mol. The summed E-state index contributed by atoms with van der Waals surface area (Å²) >= 11 is 0. The third-order valence-corrected chi connectivity index (χ3v) is 5.59. The van der Waals surface area contributed by atoms with Crippen molar-refractivity contribution in [2.24, 2.45) is 21.9 Å². The molecule has 0 amide bonds. The van der Waals surface area contributed by atoms with Gasteiger partial charge in [-0.3, -0.25) is 0 Å². The first-order valence-corrected chi connectivity index (χ1v) is 8.02. The maximum atomic E-state index is 12.7. The zero-order chi connectivity index (χ0) is 17.8. The summed E-state index contributed by atoms with van der Waals surface area (Å²) in [6.07, 6.45) is -1.35. The smallest absolute Gasteiger partial charge is 0.313 e. The molecule has 0 spiro atoms. The van der Waals surface area contributed by atoms with Gasteiger partial charge in [0.2, 0.25) is 0 Å². The van der Waals surface area contributed by atoms with Crippen LogP contribution in [0.5, 0.6) is 0 Å². The standard InChI is InChI=1S/C18H20F3NO2/c1-16(2)13-7-8-17(3,10-13)15(16)22-24-14(23)11-5-4-6-12(9-11)18(19,20)21/h4-6,9,13H,7-8,10H2,1-3H3/b22-15-/t13?,17-/m1/s1. The summed E-state index contributed by atoms with van der Waals surface area (Å²) in [5.41, 5.74) is -0.424. The van der Waals surface area contributed by atoms with Crippen molar-refractivity contribution in [1.82, 2.24) is 0 Å². The summed E-state index contributed by atoms with van der Waals surface area (Å²) in [5, 5.41) is 4.08. The number of rotatable bonds is 2. The van der Waals surface area contributed by atoms with Crippen LogP contribution in [0, 0.1) is 16.7 Å². The maximum Gasteiger partial charge on any atom is 0.416 e. The number of carbonyl (C=O) groups excluding carboxylic acids is 1. The van der Waals surface area contributed by atoms with Crippen LogP contribution in [0.25, 0.3) is 0 Å². The third kappa shape index (κ3) is 2.72. The number of nitrogens with zero attached hydrogens (tertiary/aromatic N) is 1. The van der Waals surface area contributed by atoms with E-state index in [0.29, 0.717) is 5.92 Å². The fourth-order valence-corrected chi connectivity index (χ4v) is 4.23. The van der Waals surface area contributed by atoms with E-state index in [-0.39, 0.29) is 16.4 Å². The quantitative estimate of drug-likeness (QED) is 0.558. The fourth-order valence-electron chi connectivity index (χ4n) is 4.23. The Kier molecular flexibility index (Phi) is 3.77. The van der Waals surface area contributed by atoms with Crippen LogP contribution in [0.4, 0.5) is 13.2 Å². The lowest BCUT2D eigenvalue weighted by atomic mass is 9.71. The number of fused-ring (bicyclic) bond motifs is 2. The van der Waals surface area contributed by atoms with Gasteiger partial charge >= 0.3 is 12.1 Å². The molecule has 2 saturated carbocycles. The molecule has 0 radical (unpaired) electrons.